The molecule has 0 fully saturated rings. The Bertz CT molecular complexity index is 3360. The summed E-state index contributed by atoms with van der Waals surface area (Å²) in [4.78, 5) is 49.0. The van der Waals surface area contributed by atoms with Gasteiger partial charge in [0.2, 0.25) is 0 Å². The van der Waals surface area contributed by atoms with E-state index < -0.39 is 141 Å². The first-order valence-electron chi connectivity index (χ1n) is 29.7. The van der Waals surface area contributed by atoms with Crippen molar-refractivity contribution >= 4 is 71.9 Å². The Morgan fingerprint density at radius 1 is 0.511 bits per heavy atom. The predicted octanol–water partition coefficient (Wildman–Crippen LogP) is 14.1. The summed E-state index contributed by atoms with van der Waals surface area (Å²) >= 11 is 0. The smallest absolute Gasteiger partial charge is 0.416 e. The minimum absolute atomic E-state index is 0.00396. The van der Waals surface area contributed by atoms with Crippen molar-refractivity contribution in [2.24, 2.45) is 10.8 Å². The van der Waals surface area contributed by atoms with Crippen LogP contribution >= 0.6 is 0 Å². The molecule has 6 rings (SSSR count). The van der Waals surface area contributed by atoms with Crippen LogP contribution in [0.15, 0.2) is 94.7 Å². The maximum absolute atomic E-state index is 14.0. The average Bonchev–Trinajstić information content (AvgIpc) is 0.761. The molecule has 0 radical (unpaired) electrons. The number of hydrogen-bond acceptors (Lipinski definition) is 14. The summed E-state index contributed by atoms with van der Waals surface area (Å²) in [6.45, 7) is 32.2. The molecule has 4 aromatic rings. The van der Waals surface area contributed by atoms with Crippen molar-refractivity contribution in [1.82, 2.24) is 0 Å². The standard InChI is InChI=1S/2C32H44F3NO8SSi/c2*1-29(2,3)44-27(37)16-21-13-14-26-25(15-21)36(45(40,41)24-12-10-11-22(17-24)32(33,34)35)19-23(43-26)18-31(7,28(38)39)20-42-46(8,9)30(4,5)6/h2*10-15,17,23H,16,18-20H2,1-9H3,(H,38,39)/t23-,31+;23-,31-/m00/s1. The SMILES string of the molecule is CC(C)(C)OC(=O)Cc1ccc2c(c1)N(S(=O)(=O)c1cccc(C(F)(F)F)c1)C[C@H](C[C@@](C)(CO[Si](C)(C)C(C)(C)C)C(=O)O)O2.CC(C)(C)OC(=O)Cc1ccc2c(c1)N(S(=O)(=O)c1cccc(C(F)(F)F)c1)C[C@H](C[C@](C)(CO[Si](C)(C)C(C)(C)C)C(=O)O)O2. The Morgan fingerprint density at radius 2 is 0.826 bits per heavy atom. The average molecular weight is 1380 g/mol. The van der Waals surface area contributed by atoms with E-state index in [9.17, 15) is 72.6 Å². The molecule has 4 atom stereocenters. The third-order valence-corrected chi connectivity index (χ3v) is 29.0. The van der Waals surface area contributed by atoms with Gasteiger partial charge in [-0.15, -0.1) is 0 Å². The van der Waals surface area contributed by atoms with Crippen LogP contribution in [0.5, 0.6) is 11.5 Å². The van der Waals surface area contributed by atoms with Crippen molar-refractivity contribution in [3.8, 4) is 11.5 Å². The Morgan fingerprint density at radius 3 is 1.10 bits per heavy atom. The molecule has 2 aliphatic heterocycles. The normalized spacial score (nSPS) is 17.5. The number of esters is 2. The van der Waals surface area contributed by atoms with E-state index >= 15 is 0 Å². The highest BCUT2D eigenvalue weighted by Crippen LogP contribution is 2.46. The van der Waals surface area contributed by atoms with Crippen molar-refractivity contribution in [2.45, 2.75) is 204 Å². The number of carbonyl (C=O) groups excluding carboxylic acids is 2. The molecule has 0 aromatic heterocycles. The van der Waals surface area contributed by atoms with Crippen LogP contribution in [-0.4, -0.2) is 117 Å². The highest BCUT2D eigenvalue weighted by molar-refractivity contribution is 7.93. The Kier molecular flexibility index (Phi) is 22.7. The number of ether oxygens (including phenoxy) is 4. The van der Waals surface area contributed by atoms with E-state index in [1.807, 2.05) is 67.7 Å². The molecule has 2 N–H and O–H groups in total. The van der Waals surface area contributed by atoms with E-state index in [0.29, 0.717) is 23.3 Å². The number of carboxylic acid groups (broad SMARTS) is 2. The lowest BCUT2D eigenvalue weighted by Crippen LogP contribution is -2.49. The van der Waals surface area contributed by atoms with Gasteiger partial charge in [0, 0.05) is 26.1 Å². The molecule has 18 nitrogen and oxygen atoms in total. The highest BCUT2D eigenvalue weighted by Gasteiger charge is 2.48. The number of benzene rings is 4. The minimum Gasteiger partial charge on any atom is -0.486 e. The third kappa shape index (κ3) is 19.5. The first-order chi connectivity index (χ1) is 41.5. The zero-order valence-electron chi connectivity index (χ0n) is 55.5. The Balaban J connectivity index is 0.000000334. The van der Waals surface area contributed by atoms with Crippen LogP contribution in [0, 0.1) is 10.8 Å². The predicted molar refractivity (Wildman–Crippen MR) is 340 cm³/mol. The number of sulfonamides is 2. The molecule has 92 heavy (non-hydrogen) atoms. The molecule has 0 saturated carbocycles. The van der Waals surface area contributed by atoms with Crippen LogP contribution < -0.4 is 18.1 Å². The van der Waals surface area contributed by atoms with Gasteiger partial charge in [-0.3, -0.25) is 27.8 Å². The van der Waals surface area contributed by atoms with Crippen LogP contribution in [-0.2, 0) is 82.7 Å². The Labute approximate surface area is 538 Å². The minimum atomic E-state index is -4.79. The van der Waals surface area contributed by atoms with Crippen molar-refractivity contribution in [3.05, 3.63) is 107 Å². The number of nitrogens with zero attached hydrogens (tertiary/aromatic N) is 2. The summed E-state index contributed by atoms with van der Waals surface area (Å²) in [5.41, 5.74) is -5.99. The lowest BCUT2D eigenvalue weighted by molar-refractivity contribution is -0.155. The summed E-state index contributed by atoms with van der Waals surface area (Å²) in [5, 5.41) is 20.1. The van der Waals surface area contributed by atoms with Crippen LogP contribution in [0.4, 0.5) is 37.7 Å². The van der Waals surface area contributed by atoms with E-state index in [1.165, 1.54) is 38.1 Å². The third-order valence-electron chi connectivity index (χ3n) is 16.5. The van der Waals surface area contributed by atoms with Crippen LogP contribution in [0.1, 0.15) is 132 Å². The number of carboxylic acids is 2. The number of carbonyl (C=O) groups is 4. The topological polar surface area (TPSA) is 239 Å². The van der Waals surface area contributed by atoms with E-state index in [4.69, 9.17) is 27.8 Å². The van der Waals surface area contributed by atoms with Gasteiger partial charge in [0.15, 0.2) is 16.6 Å². The fourth-order valence-corrected chi connectivity index (χ4v) is 14.5. The molecular weight excluding hydrogens is 1290 g/mol. The molecule has 4 aromatic carbocycles. The number of anilines is 2. The van der Waals surface area contributed by atoms with Crippen molar-refractivity contribution in [2.75, 3.05) is 34.9 Å². The number of fused-ring (bicyclic) bond motifs is 2. The van der Waals surface area contributed by atoms with Gasteiger partial charge in [0.25, 0.3) is 20.0 Å². The summed E-state index contributed by atoms with van der Waals surface area (Å²) in [5.74, 6) is -3.32. The van der Waals surface area contributed by atoms with E-state index in [0.717, 1.165) is 45.0 Å². The highest BCUT2D eigenvalue weighted by atomic mass is 32.2. The van der Waals surface area contributed by atoms with E-state index in [2.05, 4.69) is 0 Å². The molecule has 2 aliphatic rings. The fraction of sp³-hybridized carbons (Fsp3) is 0.562. The second-order valence-corrected chi connectivity index (χ2v) is 42.3. The van der Waals surface area contributed by atoms with Gasteiger partial charge in [-0.05, 0) is 163 Å². The molecule has 512 valence electrons. The number of alkyl halides is 6. The quantitative estimate of drug-likeness (QED) is 0.0475. The monoisotopic (exact) mass is 1370 g/mol. The fourth-order valence-electron chi connectivity index (χ4n) is 9.14. The van der Waals surface area contributed by atoms with E-state index in [1.54, 1.807) is 53.7 Å². The van der Waals surface area contributed by atoms with Crippen molar-refractivity contribution < 1.29 is 100 Å². The molecule has 0 amide bonds. The van der Waals surface area contributed by atoms with Crippen LogP contribution in [0.2, 0.25) is 36.3 Å². The molecule has 0 spiro atoms. The summed E-state index contributed by atoms with van der Waals surface area (Å²) in [6.07, 6.45) is -12.3. The van der Waals surface area contributed by atoms with Gasteiger partial charge in [-0.1, -0.05) is 65.8 Å². The van der Waals surface area contributed by atoms with Crippen LogP contribution in [0.3, 0.4) is 0 Å². The van der Waals surface area contributed by atoms with Gasteiger partial charge >= 0.3 is 36.2 Å². The number of aliphatic carboxylic acids is 2. The molecular formula is C64H88F6N2O16S2Si2. The zero-order valence-corrected chi connectivity index (χ0v) is 59.1. The number of halogens is 6. The maximum Gasteiger partial charge on any atom is 0.416 e. The molecule has 0 bridgehead atoms. The number of hydrogen-bond donors (Lipinski definition) is 2. The second kappa shape index (κ2) is 27.3. The first kappa shape index (κ1) is 76.5. The van der Waals surface area contributed by atoms with Crippen molar-refractivity contribution in [1.29, 1.82) is 0 Å². The lowest BCUT2D eigenvalue weighted by Gasteiger charge is -2.41. The summed E-state index contributed by atoms with van der Waals surface area (Å²) in [7, 11) is -14.0. The lowest BCUT2D eigenvalue weighted by atomic mass is 9.85. The van der Waals surface area contributed by atoms with Gasteiger partial charge in [-0.2, -0.15) is 26.3 Å². The van der Waals surface area contributed by atoms with Gasteiger partial charge in [0.05, 0.1) is 69.1 Å². The Hall–Kier alpha value is -6.21. The second-order valence-electron chi connectivity index (χ2n) is 29.0. The van der Waals surface area contributed by atoms with E-state index in [-0.39, 0.29) is 71.8 Å². The van der Waals surface area contributed by atoms with Gasteiger partial charge < -0.3 is 38.0 Å². The largest absolute Gasteiger partial charge is 0.486 e. The molecule has 0 unspecified atom stereocenters. The molecule has 0 aliphatic carbocycles. The maximum atomic E-state index is 14.0. The van der Waals surface area contributed by atoms with Gasteiger partial charge in [-0.25, -0.2) is 16.8 Å². The van der Waals surface area contributed by atoms with Crippen molar-refractivity contribution in [3.63, 3.8) is 0 Å². The summed E-state index contributed by atoms with van der Waals surface area (Å²) < 4.78 is 175. The van der Waals surface area contributed by atoms with Crippen LogP contribution in [0.25, 0.3) is 0 Å². The molecule has 2 heterocycles. The van der Waals surface area contributed by atoms with Gasteiger partial charge in [0.1, 0.15) is 34.9 Å². The number of rotatable bonds is 20. The molecule has 28 heteroatoms. The summed E-state index contributed by atoms with van der Waals surface area (Å²) in [6, 6.07) is 15.6. The zero-order chi connectivity index (χ0) is 70.2. The molecule has 0 saturated heterocycles. The first-order valence-corrected chi connectivity index (χ1v) is 38.4.